The molecule has 1 amide bonds. The van der Waals surface area contributed by atoms with Crippen LogP contribution < -0.4 is 10.6 Å². The van der Waals surface area contributed by atoms with Crippen LogP contribution in [0.1, 0.15) is 18.9 Å². The van der Waals surface area contributed by atoms with E-state index < -0.39 is 15.6 Å². The SMILES string of the molecule is CC(=O)N[C@@]12CNCC[C@@H]1CN(S(=O)(=O)c1ccc(C)cc1)C2. The summed E-state index contributed by atoms with van der Waals surface area (Å²) >= 11 is 0. The summed E-state index contributed by atoms with van der Waals surface area (Å²) in [5, 5.41) is 6.30. The Morgan fingerprint density at radius 3 is 2.70 bits per heavy atom. The molecule has 2 fully saturated rings. The van der Waals surface area contributed by atoms with Crippen LogP contribution in [0.3, 0.4) is 0 Å². The van der Waals surface area contributed by atoms with Gasteiger partial charge in [0.1, 0.15) is 0 Å². The van der Waals surface area contributed by atoms with Crippen LogP contribution in [-0.4, -0.2) is 50.3 Å². The minimum atomic E-state index is -3.53. The molecule has 0 aromatic heterocycles. The number of hydrogen-bond acceptors (Lipinski definition) is 4. The summed E-state index contributed by atoms with van der Waals surface area (Å²) in [6.07, 6.45) is 0.861. The lowest BCUT2D eigenvalue weighted by molar-refractivity contribution is -0.121. The average molecular weight is 337 g/mol. The quantitative estimate of drug-likeness (QED) is 0.841. The monoisotopic (exact) mass is 337 g/mol. The minimum Gasteiger partial charge on any atom is -0.348 e. The second-order valence-corrected chi connectivity index (χ2v) is 8.55. The number of piperidine rings is 1. The maximum absolute atomic E-state index is 12.9. The number of nitrogens with one attached hydrogen (secondary N) is 2. The van der Waals surface area contributed by atoms with Gasteiger partial charge in [-0.3, -0.25) is 4.79 Å². The molecule has 2 N–H and O–H groups in total. The summed E-state index contributed by atoms with van der Waals surface area (Å²) in [7, 11) is -3.53. The molecule has 126 valence electrons. The first-order chi connectivity index (χ1) is 10.8. The third-order valence-corrected chi connectivity index (χ3v) is 6.68. The summed E-state index contributed by atoms with van der Waals surface area (Å²) in [5.74, 6) is 0.0288. The van der Waals surface area contributed by atoms with Crippen molar-refractivity contribution in [1.82, 2.24) is 14.9 Å². The lowest BCUT2D eigenvalue weighted by atomic mass is 9.82. The number of carbonyl (C=O) groups is 1. The lowest BCUT2D eigenvalue weighted by Gasteiger charge is -2.39. The van der Waals surface area contributed by atoms with E-state index in [4.69, 9.17) is 0 Å². The second kappa shape index (κ2) is 5.89. The van der Waals surface area contributed by atoms with Gasteiger partial charge in [0.15, 0.2) is 0 Å². The van der Waals surface area contributed by atoms with Crippen molar-refractivity contribution in [1.29, 1.82) is 0 Å². The lowest BCUT2D eigenvalue weighted by Crippen LogP contribution is -2.62. The molecular weight excluding hydrogens is 314 g/mol. The van der Waals surface area contributed by atoms with Crippen molar-refractivity contribution in [3.63, 3.8) is 0 Å². The summed E-state index contributed by atoms with van der Waals surface area (Å²) in [4.78, 5) is 11.9. The number of aryl methyl sites for hydroxylation is 1. The molecule has 0 spiro atoms. The van der Waals surface area contributed by atoms with E-state index in [1.807, 2.05) is 6.92 Å². The molecule has 0 aliphatic carbocycles. The van der Waals surface area contributed by atoms with Gasteiger partial charge in [0, 0.05) is 26.6 Å². The van der Waals surface area contributed by atoms with Gasteiger partial charge in [-0.05, 0) is 37.9 Å². The fraction of sp³-hybridized carbons (Fsp3) is 0.562. The molecule has 2 saturated heterocycles. The molecule has 2 atom stereocenters. The van der Waals surface area contributed by atoms with E-state index in [1.165, 1.54) is 11.2 Å². The van der Waals surface area contributed by atoms with Crippen LogP contribution in [0, 0.1) is 12.8 Å². The van der Waals surface area contributed by atoms with E-state index >= 15 is 0 Å². The van der Waals surface area contributed by atoms with Crippen molar-refractivity contribution in [3.05, 3.63) is 29.8 Å². The highest BCUT2D eigenvalue weighted by molar-refractivity contribution is 7.89. The molecule has 7 heteroatoms. The van der Waals surface area contributed by atoms with Crippen LogP contribution in [0.5, 0.6) is 0 Å². The van der Waals surface area contributed by atoms with Gasteiger partial charge in [0.25, 0.3) is 0 Å². The van der Waals surface area contributed by atoms with Gasteiger partial charge in [-0.2, -0.15) is 4.31 Å². The Kier molecular flexibility index (Phi) is 4.20. The fourth-order valence-corrected chi connectivity index (χ4v) is 5.22. The van der Waals surface area contributed by atoms with Crippen LogP contribution in [0.2, 0.25) is 0 Å². The number of nitrogens with zero attached hydrogens (tertiary/aromatic N) is 1. The summed E-state index contributed by atoms with van der Waals surface area (Å²) in [6, 6.07) is 6.91. The van der Waals surface area contributed by atoms with Crippen LogP contribution >= 0.6 is 0 Å². The number of fused-ring (bicyclic) bond motifs is 1. The van der Waals surface area contributed by atoms with Crippen LogP contribution in [-0.2, 0) is 14.8 Å². The molecule has 1 aromatic rings. The van der Waals surface area contributed by atoms with E-state index in [9.17, 15) is 13.2 Å². The van der Waals surface area contributed by atoms with Gasteiger partial charge < -0.3 is 10.6 Å². The molecule has 2 heterocycles. The summed E-state index contributed by atoms with van der Waals surface area (Å²) in [5.41, 5.74) is 0.528. The van der Waals surface area contributed by atoms with Crippen molar-refractivity contribution >= 4 is 15.9 Å². The van der Waals surface area contributed by atoms with Crippen molar-refractivity contribution in [3.8, 4) is 0 Å². The van der Waals surface area contributed by atoms with Gasteiger partial charge in [0.05, 0.1) is 10.4 Å². The average Bonchev–Trinajstić information content (AvgIpc) is 2.86. The predicted octanol–water partition coefficient (Wildman–Crippen LogP) is 0.484. The van der Waals surface area contributed by atoms with Crippen LogP contribution in [0.25, 0.3) is 0 Å². The molecule has 0 radical (unpaired) electrons. The molecule has 6 nitrogen and oxygen atoms in total. The highest BCUT2D eigenvalue weighted by atomic mass is 32.2. The second-order valence-electron chi connectivity index (χ2n) is 6.61. The molecule has 0 unspecified atom stereocenters. The standard InChI is InChI=1S/C16H23N3O3S/c1-12-3-5-15(6-4-12)23(21,22)19-9-14-7-8-17-10-16(14,11-19)18-13(2)20/h3-6,14,17H,7-11H2,1-2H3,(H,18,20)/t14-,16-/m1/s1. The largest absolute Gasteiger partial charge is 0.348 e. The zero-order valence-corrected chi connectivity index (χ0v) is 14.3. The minimum absolute atomic E-state index is 0.117. The fourth-order valence-electron chi connectivity index (χ4n) is 3.66. The van der Waals surface area contributed by atoms with Crippen molar-refractivity contribution in [2.75, 3.05) is 26.2 Å². The smallest absolute Gasteiger partial charge is 0.243 e. The van der Waals surface area contributed by atoms with E-state index in [0.29, 0.717) is 24.5 Å². The molecule has 2 aliphatic heterocycles. The molecule has 3 rings (SSSR count). The first kappa shape index (κ1) is 16.4. The maximum atomic E-state index is 12.9. The molecule has 2 aliphatic rings. The number of benzene rings is 1. The van der Waals surface area contributed by atoms with E-state index in [2.05, 4.69) is 10.6 Å². The zero-order valence-electron chi connectivity index (χ0n) is 13.5. The third-order valence-electron chi connectivity index (χ3n) is 4.86. The number of carbonyl (C=O) groups excluding carboxylic acids is 1. The van der Waals surface area contributed by atoms with E-state index in [1.54, 1.807) is 24.3 Å². The van der Waals surface area contributed by atoms with Crippen molar-refractivity contribution in [2.24, 2.45) is 5.92 Å². The molecule has 23 heavy (non-hydrogen) atoms. The van der Waals surface area contributed by atoms with Gasteiger partial charge in [-0.15, -0.1) is 0 Å². The first-order valence-electron chi connectivity index (χ1n) is 7.90. The van der Waals surface area contributed by atoms with Gasteiger partial charge in [-0.25, -0.2) is 8.42 Å². The molecule has 1 aromatic carbocycles. The Morgan fingerprint density at radius 1 is 1.35 bits per heavy atom. The highest BCUT2D eigenvalue weighted by Crippen LogP contribution is 2.35. The zero-order chi connectivity index (χ0) is 16.7. The van der Waals surface area contributed by atoms with Crippen molar-refractivity contribution < 1.29 is 13.2 Å². The Bertz CT molecular complexity index is 702. The normalized spacial score (nSPS) is 28.3. The number of sulfonamides is 1. The number of amides is 1. The molecule has 0 saturated carbocycles. The predicted molar refractivity (Wildman–Crippen MR) is 87.5 cm³/mol. The van der Waals surface area contributed by atoms with Gasteiger partial charge in [0.2, 0.25) is 15.9 Å². The first-order valence-corrected chi connectivity index (χ1v) is 9.34. The van der Waals surface area contributed by atoms with E-state index in [-0.39, 0.29) is 11.8 Å². The highest BCUT2D eigenvalue weighted by Gasteiger charge is 2.51. The molecular formula is C16H23N3O3S. The Labute approximate surface area is 137 Å². The number of hydrogen-bond donors (Lipinski definition) is 2. The summed E-state index contributed by atoms with van der Waals surface area (Å²) in [6.45, 7) is 5.65. The topological polar surface area (TPSA) is 78.5 Å². The van der Waals surface area contributed by atoms with Crippen LogP contribution in [0.4, 0.5) is 0 Å². The van der Waals surface area contributed by atoms with Gasteiger partial charge in [-0.1, -0.05) is 17.7 Å². The van der Waals surface area contributed by atoms with Crippen molar-refractivity contribution in [2.45, 2.75) is 30.7 Å². The Hall–Kier alpha value is -1.44. The Morgan fingerprint density at radius 2 is 2.04 bits per heavy atom. The van der Waals surface area contributed by atoms with Crippen LogP contribution in [0.15, 0.2) is 29.2 Å². The summed E-state index contributed by atoms with van der Waals surface area (Å²) < 4.78 is 27.3. The Balaban J connectivity index is 1.89. The maximum Gasteiger partial charge on any atom is 0.243 e. The number of rotatable bonds is 3. The third kappa shape index (κ3) is 3.00. The molecule has 0 bridgehead atoms. The van der Waals surface area contributed by atoms with Gasteiger partial charge >= 0.3 is 0 Å². The van der Waals surface area contributed by atoms with E-state index in [0.717, 1.165) is 18.5 Å².